The Morgan fingerprint density at radius 3 is 2.25 bits per heavy atom. The predicted molar refractivity (Wildman–Crippen MR) is 124 cm³/mol. The molecule has 0 fully saturated rings. The summed E-state index contributed by atoms with van der Waals surface area (Å²) in [6.45, 7) is 3.77. The topological polar surface area (TPSA) is 98.8 Å². The maximum atomic E-state index is 13.0. The summed E-state index contributed by atoms with van der Waals surface area (Å²) in [6.07, 6.45) is 5.46. The van der Waals surface area contributed by atoms with Crippen LogP contribution in [0.2, 0.25) is 0 Å². The van der Waals surface area contributed by atoms with Crippen LogP contribution in [0, 0.1) is 5.92 Å². The number of carbonyl (C=O) groups is 2. The normalized spacial score (nSPS) is 14.2. The van der Waals surface area contributed by atoms with Gasteiger partial charge in [-0.25, -0.2) is 4.98 Å². The van der Waals surface area contributed by atoms with E-state index < -0.39 is 11.9 Å². The highest BCUT2D eigenvalue weighted by Gasteiger charge is 2.27. The average molecular weight is 462 g/mol. The maximum absolute atomic E-state index is 13.0. The highest BCUT2D eigenvalue weighted by Crippen LogP contribution is 2.38. The first-order chi connectivity index (χ1) is 15.4. The zero-order chi connectivity index (χ0) is 23.3. The average Bonchev–Trinajstić information content (AvgIpc) is 3.03. The van der Waals surface area contributed by atoms with E-state index in [4.69, 9.17) is 14.2 Å². The van der Waals surface area contributed by atoms with Crippen molar-refractivity contribution < 1.29 is 23.8 Å². The summed E-state index contributed by atoms with van der Waals surface area (Å²) in [5.74, 6) is 0.309. The number of nitrogens with zero attached hydrogens (tertiary/aromatic N) is 1. The molecule has 174 valence electrons. The van der Waals surface area contributed by atoms with Gasteiger partial charge in [0, 0.05) is 10.4 Å². The molecule has 8 nitrogen and oxygen atoms in total. The molecule has 0 bridgehead atoms. The van der Waals surface area contributed by atoms with Crippen LogP contribution in [-0.2, 0) is 17.6 Å². The molecule has 0 unspecified atom stereocenters. The van der Waals surface area contributed by atoms with Crippen LogP contribution in [0.25, 0.3) is 0 Å². The number of ether oxygens (including phenoxy) is 3. The van der Waals surface area contributed by atoms with Crippen LogP contribution in [0.3, 0.4) is 0 Å². The van der Waals surface area contributed by atoms with Crippen molar-refractivity contribution in [2.75, 3.05) is 26.6 Å². The van der Waals surface area contributed by atoms with Gasteiger partial charge in [-0.1, -0.05) is 20.3 Å². The lowest BCUT2D eigenvalue weighted by Gasteiger charge is -2.21. The van der Waals surface area contributed by atoms with E-state index in [1.165, 1.54) is 44.0 Å². The number of fused-ring (bicyclic) bond motifs is 1. The fourth-order valence-electron chi connectivity index (χ4n) is 3.74. The third kappa shape index (κ3) is 5.32. The van der Waals surface area contributed by atoms with E-state index in [9.17, 15) is 9.59 Å². The monoisotopic (exact) mass is 461 g/mol. The van der Waals surface area contributed by atoms with Gasteiger partial charge in [0.15, 0.2) is 16.6 Å². The second-order valence-corrected chi connectivity index (χ2v) is 9.13. The summed E-state index contributed by atoms with van der Waals surface area (Å²) in [5, 5.41) is 6.34. The van der Waals surface area contributed by atoms with E-state index in [1.54, 1.807) is 12.1 Å². The predicted octanol–water partition coefficient (Wildman–Crippen LogP) is 3.83. The van der Waals surface area contributed by atoms with Gasteiger partial charge in [-0.05, 0) is 43.7 Å². The SMILES string of the molecule is COc1cc(C(=O)N[C@@H](C(=O)Nc2nc3c(s2)CCCCC3)C(C)C)cc(OC)c1OC. The van der Waals surface area contributed by atoms with Crippen molar-refractivity contribution in [2.45, 2.75) is 52.0 Å². The summed E-state index contributed by atoms with van der Waals surface area (Å²) in [6, 6.07) is 2.39. The van der Waals surface area contributed by atoms with Gasteiger partial charge >= 0.3 is 0 Å². The van der Waals surface area contributed by atoms with Crippen LogP contribution in [0.4, 0.5) is 5.13 Å². The minimum atomic E-state index is -0.731. The number of methoxy groups -OCH3 is 3. The molecule has 2 aromatic rings. The number of aryl methyl sites for hydroxylation is 2. The van der Waals surface area contributed by atoms with Gasteiger partial charge < -0.3 is 24.8 Å². The minimum Gasteiger partial charge on any atom is -0.493 e. The van der Waals surface area contributed by atoms with Crippen molar-refractivity contribution in [3.05, 3.63) is 28.3 Å². The van der Waals surface area contributed by atoms with Crippen LogP contribution in [-0.4, -0.2) is 44.2 Å². The molecule has 2 N–H and O–H groups in total. The molecule has 1 heterocycles. The first kappa shape index (κ1) is 23.8. The van der Waals surface area contributed by atoms with Gasteiger partial charge in [-0.2, -0.15) is 0 Å². The molecule has 1 aliphatic carbocycles. The minimum absolute atomic E-state index is 0.126. The number of nitrogens with one attached hydrogen (secondary N) is 2. The van der Waals surface area contributed by atoms with Crippen molar-refractivity contribution in [1.82, 2.24) is 10.3 Å². The lowest BCUT2D eigenvalue weighted by atomic mass is 10.0. The Kier molecular flexibility index (Phi) is 7.95. The highest BCUT2D eigenvalue weighted by molar-refractivity contribution is 7.15. The molecule has 1 aromatic heterocycles. The number of rotatable bonds is 8. The highest BCUT2D eigenvalue weighted by atomic mass is 32.1. The fraction of sp³-hybridized carbons (Fsp3) is 0.522. The number of benzene rings is 1. The Balaban J connectivity index is 1.76. The Morgan fingerprint density at radius 1 is 1.00 bits per heavy atom. The van der Waals surface area contributed by atoms with Crippen LogP contribution >= 0.6 is 11.3 Å². The van der Waals surface area contributed by atoms with Crippen LogP contribution < -0.4 is 24.8 Å². The summed E-state index contributed by atoms with van der Waals surface area (Å²) in [5.41, 5.74) is 1.39. The molecule has 1 atom stereocenters. The number of anilines is 1. The molecule has 2 amide bonds. The first-order valence-corrected chi connectivity index (χ1v) is 11.6. The van der Waals surface area contributed by atoms with Crippen molar-refractivity contribution in [2.24, 2.45) is 5.92 Å². The molecular formula is C23H31N3O5S. The zero-order valence-corrected chi connectivity index (χ0v) is 20.1. The fourth-order valence-corrected chi connectivity index (χ4v) is 4.79. The van der Waals surface area contributed by atoms with Crippen LogP contribution in [0.5, 0.6) is 17.2 Å². The third-order valence-electron chi connectivity index (χ3n) is 5.49. The van der Waals surface area contributed by atoms with E-state index in [2.05, 4.69) is 15.6 Å². The molecular weight excluding hydrogens is 430 g/mol. The standard InChI is InChI=1S/C23H31N3O5S/c1-13(2)19(22(28)26-23-24-15-9-7-6-8-10-18(15)32-23)25-21(27)14-11-16(29-3)20(31-5)17(12-14)30-4/h11-13,19H,6-10H2,1-5H3,(H,25,27)(H,24,26,28)/t19-/m1/s1. The van der Waals surface area contributed by atoms with E-state index >= 15 is 0 Å². The largest absolute Gasteiger partial charge is 0.493 e. The second kappa shape index (κ2) is 10.7. The summed E-state index contributed by atoms with van der Waals surface area (Å²) >= 11 is 1.53. The van der Waals surface area contributed by atoms with Crippen LogP contribution in [0.1, 0.15) is 54.0 Å². The molecule has 0 aliphatic heterocycles. The van der Waals surface area contributed by atoms with Crippen molar-refractivity contribution in [3.8, 4) is 17.2 Å². The van der Waals surface area contributed by atoms with Gasteiger partial charge in [0.2, 0.25) is 11.7 Å². The van der Waals surface area contributed by atoms with Gasteiger partial charge in [-0.3, -0.25) is 9.59 Å². The molecule has 0 radical (unpaired) electrons. The third-order valence-corrected chi connectivity index (χ3v) is 6.56. The van der Waals surface area contributed by atoms with Gasteiger partial charge in [0.25, 0.3) is 5.91 Å². The Morgan fingerprint density at radius 2 is 1.66 bits per heavy atom. The summed E-state index contributed by atoms with van der Waals surface area (Å²) in [4.78, 5) is 31.9. The van der Waals surface area contributed by atoms with Gasteiger partial charge in [-0.15, -0.1) is 11.3 Å². The molecule has 3 rings (SSSR count). The van der Waals surface area contributed by atoms with Crippen LogP contribution in [0.15, 0.2) is 12.1 Å². The Bertz CT molecular complexity index is 924. The number of carbonyl (C=O) groups excluding carboxylic acids is 2. The molecule has 1 aliphatic rings. The van der Waals surface area contributed by atoms with E-state index in [1.807, 2.05) is 13.8 Å². The number of amides is 2. The summed E-state index contributed by atoms with van der Waals surface area (Å²) < 4.78 is 16.0. The molecule has 32 heavy (non-hydrogen) atoms. The Hall–Kier alpha value is -2.81. The molecule has 9 heteroatoms. The molecule has 0 spiro atoms. The maximum Gasteiger partial charge on any atom is 0.252 e. The lowest BCUT2D eigenvalue weighted by molar-refractivity contribution is -0.118. The molecule has 1 aromatic carbocycles. The van der Waals surface area contributed by atoms with E-state index in [-0.39, 0.29) is 11.8 Å². The van der Waals surface area contributed by atoms with Crippen molar-refractivity contribution in [1.29, 1.82) is 0 Å². The molecule has 0 saturated carbocycles. The van der Waals surface area contributed by atoms with Crippen molar-refractivity contribution in [3.63, 3.8) is 0 Å². The van der Waals surface area contributed by atoms with E-state index in [0.29, 0.717) is 27.9 Å². The zero-order valence-electron chi connectivity index (χ0n) is 19.2. The first-order valence-electron chi connectivity index (χ1n) is 10.8. The smallest absolute Gasteiger partial charge is 0.252 e. The van der Waals surface area contributed by atoms with Gasteiger partial charge in [0.1, 0.15) is 6.04 Å². The number of thiazole rings is 1. The molecule has 0 saturated heterocycles. The number of hydrogen-bond acceptors (Lipinski definition) is 7. The van der Waals surface area contributed by atoms with Crippen molar-refractivity contribution >= 4 is 28.3 Å². The second-order valence-electron chi connectivity index (χ2n) is 8.05. The quantitative estimate of drug-likeness (QED) is 0.580. The number of aromatic nitrogens is 1. The van der Waals surface area contributed by atoms with Gasteiger partial charge in [0.05, 0.1) is 27.0 Å². The lowest BCUT2D eigenvalue weighted by Crippen LogP contribution is -2.47. The number of hydrogen-bond donors (Lipinski definition) is 2. The van der Waals surface area contributed by atoms with E-state index in [0.717, 1.165) is 31.4 Å². The Labute approximate surface area is 192 Å². The summed E-state index contributed by atoms with van der Waals surface area (Å²) in [7, 11) is 4.47.